The SMILES string of the molecule is Cl[C@@H]1[C@@H]2CCC[C@@H]2C[C@H]1[Se]c1ccccc1. The Hall–Kier alpha value is 0.0295. The molecule has 1 aromatic carbocycles. The number of halogens is 1. The van der Waals surface area contributed by atoms with Gasteiger partial charge in [0.15, 0.2) is 0 Å². The van der Waals surface area contributed by atoms with Gasteiger partial charge >= 0.3 is 109 Å². The van der Waals surface area contributed by atoms with Crippen molar-refractivity contribution >= 4 is 31.0 Å². The summed E-state index contributed by atoms with van der Waals surface area (Å²) in [5, 5.41) is 0.465. The summed E-state index contributed by atoms with van der Waals surface area (Å²) in [6, 6.07) is 10.9. The fraction of sp³-hybridized carbons (Fsp3) is 0.571. The number of rotatable bonds is 2. The molecule has 0 nitrogen and oxygen atoms in total. The van der Waals surface area contributed by atoms with E-state index < -0.39 is 0 Å². The molecule has 3 rings (SSSR count). The fourth-order valence-corrected chi connectivity index (χ4v) is 6.78. The second-order valence-electron chi connectivity index (χ2n) is 5.00. The van der Waals surface area contributed by atoms with Crippen LogP contribution in [-0.2, 0) is 0 Å². The molecule has 0 bridgehead atoms. The van der Waals surface area contributed by atoms with Crippen molar-refractivity contribution in [2.24, 2.45) is 11.8 Å². The molecule has 0 spiro atoms. The average molecular weight is 300 g/mol. The van der Waals surface area contributed by atoms with Crippen LogP contribution < -0.4 is 4.46 Å². The molecule has 0 aliphatic heterocycles. The van der Waals surface area contributed by atoms with E-state index in [0.717, 1.165) is 16.7 Å². The third kappa shape index (κ3) is 2.06. The molecule has 16 heavy (non-hydrogen) atoms. The average Bonchev–Trinajstić information content (AvgIpc) is 2.86. The Labute approximate surface area is 109 Å². The number of hydrogen-bond donors (Lipinski definition) is 0. The fourth-order valence-electron chi connectivity index (χ4n) is 3.27. The molecule has 2 heteroatoms. The van der Waals surface area contributed by atoms with Gasteiger partial charge in [-0.2, -0.15) is 0 Å². The van der Waals surface area contributed by atoms with Gasteiger partial charge in [0.25, 0.3) is 0 Å². The predicted octanol–water partition coefficient (Wildman–Crippen LogP) is 3.23. The molecule has 0 aromatic heterocycles. The summed E-state index contributed by atoms with van der Waals surface area (Å²) in [7, 11) is 0. The Morgan fingerprint density at radius 1 is 1.12 bits per heavy atom. The summed E-state index contributed by atoms with van der Waals surface area (Å²) in [6.45, 7) is 0. The van der Waals surface area contributed by atoms with Crippen molar-refractivity contribution < 1.29 is 0 Å². The minimum atomic E-state index is 0.465. The molecular formula is C14H17ClSe. The summed E-state index contributed by atoms with van der Waals surface area (Å²) in [4.78, 5) is 0.784. The van der Waals surface area contributed by atoms with Crippen LogP contribution in [0.25, 0.3) is 0 Å². The molecule has 0 N–H and O–H groups in total. The second kappa shape index (κ2) is 4.72. The van der Waals surface area contributed by atoms with Gasteiger partial charge in [-0.15, -0.1) is 0 Å². The zero-order valence-corrected chi connectivity index (χ0v) is 11.8. The van der Waals surface area contributed by atoms with Crippen molar-refractivity contribution in [3.05, 3.63) is 30.3 Å². The van der Waals surface area contributed by atoms with E-state index in [1.165, 1.54) is 30.1 Å². The van der Waals surface area contributed by atoms with Crippen molar-refractivity contribution in [1.29, 1.82) is 0 Å². The molecule has 86 valence electrons. The van der Waals surface area contributed by atoms with Gasteiger partial charge in [-0.3, -0.25) is 0 Å². The Morgan fingerprint density at radius 3 is 2.69 bits per heavy atom. The molecule has 2 aliphatic rings. The molecule has 2 aliphatic carbocycles. The van der Waals surface area contributed by atoms with Gasteiger partial charge in [0, 0.05) is 0 Å². The maximum absolute atomic E-state index is 6.64. The Bertz CT molecular complexity index is 351. The van der Waals surface area contributed by atoms with Crippen LogP contribution in [0.1, 0.15) is 25.7 Å². The van der Waals surface area contributed by atoms with Gasteiger partial charge in [-0.05, 0) is 0 Å². The first kappa shape index (κ1) is 11.1. The van der Waals surface area contributed by atoms with Crippen LogP contribution in [0.5, 0.6) is 0 Å². The third-order valence-electron chi connectivity index (χ3n) is 4.05. The first-order valence-corrected chi connectivity index (χ1v) is 8.48. The Kier molecular flexibility index (Phi) is 3.29. The van der Waals surface area contributed by atoms with E-state index in [1.54, 1.807) is 0 Å². The summed E-state index contributed by atoms with van der Waals surface area (Å²) in [5.41, 5.74) is 0. The van der Waals surface area contributed by atoms with Gasteiger partial charge < -0.3 is 0 Å². The van der Waals surface area contributed by atoms with Crippen molar-refractivity contribution in [1.82, 2.24) is 0 Å². The van der Waals surface area contributed by atoms with E-state index in [1.807, 2.05) is 0 Å². The number of alkyl halides is 1. The molecule has 0 saturated heterocycles. The van der Waals surface area contributed by atoms with Crippen molar-refractivity contribution in [3.63, 3.8) is 0 Å². The van der Waals surface area contributed by atoms with E-state index in [-0.39, 0.29) is 0 Å². The third-order valence-corrected chi connectivity index (χ3v) is 7.81. The molecule has 1 aromatic rings. The van der Waals surface area contributed by atoms with Crippen LogP contribution >= 0.6 is 11.6 Å². The van der Waals surface area contributed by atoms with E-state index in [0.29, 0.717) is 20.3 Å². The van der Waals surface area contributed by atoms with Crippen molar-refractivity contribution in [2.75, 3.05) is 0 Å². The quantitative estimate of drug-likeness (QED) is 0.581. The monoisotopic (exact) mass is 300 g/mol. The molecule has 0 heterocycles. The minimum absolute atomic E-state index is 0.465. The number of hydrogen-bond acceptors (Lipinski definition) is 0. The maximum atomic E-state index is 6.64. The second-order valence-corrected chi connectivity index (χ2v) is 8.26. The van der Waals surface area contributed by atoms with Crippen LogP contribution in [0.15, 0.2) is 30.3 Å². The van der Waals surface area contributed by atoms with E-state index >= 15 is 0 Å². The summed E-state index contributed by atoms with van der Waals surface area (Å²) >= 11 is 7.23. The first-order valence-electron chi connectivity index (χ1n) is 6.20. The van der Waals surface area contributed by atoms with Crippen molar-refractivity contribution in [3.8, 4) is 0 Å². The van der Waals surface area contributed by atoms with Crippen LogP contribution in [0, 0.1) is 11.8 Å². The van der Waals surface area contributed by atoms with E-state index in [4.69, 9.17) is 11.6 Å². The van der Waals surface area contributed by atoms with E-state index in [9.17, 15) is 0 Å². The van der Waals surface area contributed by atoms with Gasteiger partial charge in [-0.25, -0.2) is 0 Å². The van der Waals surface area contributed by atoms with Crippen molar-refractivity contribution in [2.45, 2.75) is 35.9 Å². The standard InChI is InChI=1S/C14H17ClSe/c15-14-12-8-4-5-10(12)9-13(14)16-11-6-2-1-3-7-11/h1-3,6-7,10,12-14H,4-5,8-9H2/t10-,12-,13-,14-/m1/s1. The number of fused-ring (bicyclic) bond motifs is 1. The van der Waals surface area contributed by atoms with Crippen LogP contribution in [-0.4, -0.2) is 20.3 Å². The molecule has 4 atom stereocenters. The van der Waals surface area contributed by atoms with Crippen LogP contribution in [0.4, 0.5) is 0 Å². The van der Waals surface area contributed by atoms with Gasteiger partial charge in [0.1, 0.15) is 0 Å². The Balaban J connectivity index is 1.69. The molecule has 2 saturated carbocycles. The van der Waals surface area contributed by atoms with Crippen LogP contribution in [0.2, 0.25) is 4.82 Å². The summed E-state index contributed by atoms with van der Waals surface area (Å²) in [6.07, 6.45) is 5.65. The molecular weight excluding hydrogens is 283 g/mol. The zero-order valence-electron chi connectivity index (χ0n) is 9.31. The normalized spacial score (nSPS) is 37.6. The van der Waals surface area contributed by atoms with Gasteiger partial charge in [0.2, 0.25) is 0 Å². The predicted molar refractivity (Wildman–Crippen MR) is 70.7 cm³/mol. The Morgan fingerprint density at radius 2 is 1.94 bits per heavy atom. The molecule has 2 fully saturated rings. The first-order chi connectivity index (χ1) is 7.84. The van der Waals surface area contributed by atoms with Crippen LogP contribution in [0.3, 0.4) is 0 Å². The van der Waals surface area contributed by atoms with E-state index in [2.05, 4.69) is 30.3 Å². The topological polar surface area (TPSA) is 0 Å². The molecule has 0 unspecified atom stereocenters. The van der Waals surface area contributed by atoms with Gasteiger partial charge in [0.05, 0.1) is 0 Å². The molecule has 0 radical (unpaired) electrons. The molecule has 0 amide bonds. The summed E-state index contributed by atoms with van der Waals surface area (Å²) in [5.74, 6) is 1.80. The summed E-state index contributed by atoms with van der Waals surface area (Å²) < 4.78 is 1.52. The zero-order chi connectivity index (χ0) is 11.0. The number of benzene rings is 1. The van der Waals surface area contributed by atoms with Gasteiger partial charge in [-0.1, -0.05) is 0 Å².